The summed E-state index contributed by atoms with van der Waals surface area (Å²) in [4.78, 5) is 25.8. The molecule has 0 aliphatic carbocycles. The van der Waals surface area contributed by atoms with Crippen LogP contribution in [0.3, 0.4) is 0 Å². The molecule has 0 radical (unpaired) electrons. The molecule has 0 saturated heterocycles. The minimum absolute atomic E-state index is 0.0273. The van der Waals surface area contributed by atoms with Crippen molar-refractivity contribution in [2.45, 2.75) is 12.8 Å². The molecule has 0 aliphatic heterocycles. The topological polar surface area (TPSA) is 108 Å². The largest absolute Gasteiger partial charge is 0.760 e. The summed E-state index contributed by atoms with van der Waals surface area (Å²) in [5.74, 6) is -5.22. The van der Waals surface area contributed by atoms with Crippen LogP contribution in [0.4, 0.5) is 13.2 Å². The molecule has 0 aliphatic rings. The number of aromatic nitrogens is 3. The van der Waals surface area contributed by atoms with Crippen molar-refractivity contribution in [3.8, 4) is 11.3 Å². The summed E-state index contributed by atoms with van der Waals surface area (Å²) in [5.41, 5.74) is 0.586. The number of hydrogen-bond donors (Lipinski definition) is 1. The highest BCUT2D eigenvalue weighted by molar-refractivity contribution is 7.77. The van der Waals surface area contributed by atoms with Gasteiger partial charge in [0.15, 0.2) is 17.4 Å². The quantitative estimate of drug-likeness (QED) is 0.177. The van der Waals surface area contributed by atoms with Gasteiger partial charge in [0.25, 0.3) is 0 Å². The maximum Gasteiger partial charge on any atom is 0.199 e. The summed E-state index contributed by atoms with van der Waals surface area (Å²) >= 11 is -2.50. The van der Waals surface area contributed by atoms with Gasteiger partial charge in [-0.25, -0.2) is 22.9 Å². The maximum atomic E-state index is 15.0. The predicted octanol–water partition coefficient (Wildman–Crippen LogP) is 3.66. The predicted molar refractivity (Wildman–Crippen MR) is 118 cm³/mol. The lowest BCUT2D eigenvalue weighted by atomic mass is 9.97. The van der Waals surface area contributed by atoms with E-state index in [1.165, 1.54) is 24.4 Å². The fourth-order valence-electron chi connectivity index (χ4n) is 3.42. The van der Waals surface area contributed by atoms with E-state index < -0.39 is 40.1 Å². The molecule has 2 aromatic carbocycles. The minimum Gasteiger partial charge on any atom is -0.760 e. The second-order valence-electron chi connectivity index (χ2n) is 7.28. The molecule has 174 valence electrons. The Morgan fingerprint density at radius 3 is 2.62 bits per heavy atom. The lowest BCUT2D eigenvalue weighted by Gasteiger charge is -2.12. The van der Waals surface area contributed by atoms with Crippen molar-refractivity contribution in [3.05, 3.63) is 89.1 Å². The van der Waals surface area contributed by atoms with Crippen molar-refractivity contribution >= 4 is 28.1 Å². The van der Waals surface area contributed by atoms with Gasteiger partial charge in [0.2, 0.25) is 0 Å². The van der Waals surface area contributed by atoms with Crippen molar-refractivity contribution in [2.24, 2.45) is 0 Å². The zero-order chi connectivity index (χ0) is 24.2. The number of nitrogens with zero attached hydrogens (tertiary/aromatic N) is 3. The molecule has 0 bridgehead atoms. The van der Waals surface area contributed by atoms with E-state index in [1.807, 2.05) is 0 Å². The van der Waals surface area contributed by atoms with E-state index in [1.54, 1.807) is 24.5 Å². The fourth-order valence-corrected chi connectivity index (χ4v) is 3.73. The Balaban J connectivity index is 1.68. The first-order valence-corrected chi connectivity index (χ1v) is 11.1. The number of fused-ring (bicyclic) bond motifs is 1. The third-order valence-corrected chi connectivity index (χ3v) is 5.50. The normalized spacial score (nSPS) is 12.1. The first-order chi connectivity index (χ1) is 16.3. The van der Waals surface area contributed by atoms with Crippen LogP contribution in [0, 0.1) is 17.5 Å². The third-order valence-electron chi connectivity index (χ3n) is 5.06. The van der Waals surface area contributed by atoms with Crippen LogP contribution in [-0.2, 0) is 17.7 Å². The summed E-state index contributed by atoms with van der Waals surface area (Å²) in [7, 11) is 0. The Kier molecular flexibility index (Phi) is 7.06. The number of carbonyl (C=O) groups is 1. The van der Waals surface area contributed by atoms with E-state index in [-0.39, 0.29) is 30.5 Å². The molecular weight excluding hydrogens is 469 g/mol. The van der Waals surface area contributed by atoms with Gasteiger partial charge >= 0.3 is 0 Å². The highest BCUT2D eigenvalue weighted by Crippen LogP contribution is 2.26. The standard InChI is InChI=1S/C23H17F3N4O3S/c24-16-9-13(3-2-8-29-34(32)33)21(25)20(22(16)26)23(31)14-5-6-17-18(10-14)30-19(12-28-17)15-4-1-7-27-11-15/h1,4-7,9-12,29H,2-3,8H2,(H,32,33)/p-1. The molecule has 2 aromatic heterocycles. The van der Waals surface area contributed by atoms with E-state index in [9.17, 15) is 22.3 Å². The van der Waals surface area contributed by atoms with E-state index >= 15 is 4.39 Å². The van der Waals surface area contributed by atoms with E-state index in [4.69, 9.17) is 0 Å². The molecule has 4 aromatic rings. The molecule has 4 rings (SSSR count). The summed E-state index contributed by atoms with van der Waals surface area (Å²) in [5, 5.41) is 0. The highest BCUT2D eigenvalue weighted by atomic mass is 32.2. The van der Waals surface area contributed by atoms with Crippen molar-refractivity contribution in [3.63, 3.8) is 0 Å². The lowest BCUT2D eigenvalue weighted by molar-refractivity contribution is 0.102. The maximum absolute atomic E-state index is 15.0. The van der Waals surface area contributed by atoms with Crippen LogP contribution in [0.5, 0.6) is 0 Å². The van der Waals surface area contributed by atoms with Crippen LogP contribution in [0.2, 0.25) is 0 Å². The van der Waals surface area contributed by atoms with Crippen molar-refractivity contribution in [1.82, 2.24) is 19.7 Å². The van der Waals surface area contributed by atoms with Crippen LogP contribution in [0.25, 0.3) is 22.3 Å². The Labute approximate surface area is 194 Å². The number of benzene rings is 2. The van der Waals surface area contributed by atoms with Crippen LogP contribution in [0.1, 0.15) is 27.9 Å². The van der Waals surface area contributed by atoms with E-state index in [2.05, 4.69) is 19.7 Å². The summed E-state index contributed by atoms with van der Waals surface area (Å²) in [6.45, 7) is -0.0273. The molecule has 1 N–H and O–H groups in total. The molecule has 0 fully saturated rings. The molecular formula is C23H16F3N4O3S-. The second kappa shape index (κ2) is 10.2. The molecule has 34 heavy (non-hydrogen) atoms. The van der Waals surface area contributed by atoms with Gasteiger partial charge in [-0.05, 0) is 54.8 Å². The zero-order valence-electron chi connectivity index (χ0n) is 17.4. The smallest absolute Gasteiger partial charge is 0.199 e. The van der Waals surface area contributed by atoms with E-state index in [0.29, 0.717) is 28.4 Å². The number of rotatable bonds is 8. The summed E-state index contributed by atoms with van der Waals surface area (Å²) in [6.07, 6.45) is 4.74. The van der Waals surface area contributed by atoms with Gasteiger partial charge in [0.1, 0.15) is 5.82 Å². The van der Waals surface area contributed by atoms with Crippen molar-refractivity contribution < 1.29 is 26.7 Å². The number of pyridine rings is 1. The van der Waals surface area contributed by atoms with Gasteiger partial charge < -0.3 is 4.55 Å². The molecule has 2 heterocycles. The number of hydrogen-bond acceptors (Lipinski definition) is 6. The molecule has 1 unspecified atom stereocenters. The molecule has 7 nitrogen and oxygen atoms in total. The SMILES string of the molecule is O=C(c1ccc2ncc(-c3cccnc3)nc2c1)c1c(F)c(F)cc(CCCNS(=O)[O-])c1F. The van der Waals surface area contributed by atoms with Crippen molar-refractivity contribution in [1.29, 1.82) is 0 Å². The van der Waals surface area contributed by atoms with Gasteiger partial charge in [-0.3, -0.25) is 19.0 Å². The van der Waals surface area contributed by atoms with Crippen LogP contribution in [-0.4, -0.2) is 36.0 Å². The lowest BCUT2D eigenvalue weighted by Crippen LogP contribution is -2.18. The Bertz CT molecular complexity index is 1400. The van der Waals surface area contributed by atoms with Gasteiger partial charge in [0, 0.05) is 41.3 Å². The average molecular weight is 485 g/mol. The Morgan fingerprint density at radius 1 is 1.06 bits per heavy atom. The summed E-state index contributed by atoms with van der Waals surface area (Å²) < 4.78 is 66.9. The van der Waals surface area contributed by atoms with Gasteiger partial charge in [-0.1, -0.05) is 0 Å². The molecule has 1 atom stereocenters. The number of nitrogens with one attached hydrogen (secondary N) is 1. The first kappa shape index (κ1) is 23.6. The number of carbonyl (C=O) groups excluding carboxylic acids is 1. The van der Waals surface area contributed by atoms with Crippen LogP contribution in [0.15, 0.2) is 55.0 Å². The summed E-state index contributed by atoms with van der Waals surface area (Å²) in [6, 6.07) is 8.32. The third kappa shape index (κ3) is 5.01. The molecule has 0 amide bonds. The fraction of sp³-hybridized carbons (Fsp3) is 0.130. The second-order valence-corrected chi connectivity index (χ2v) is 8.04. The first-order valence-electron chi connectivity index (χ1n) is 10.1. The van der Waals surface area contributed by atoms with Crippen LogP contribution >= 0.6 is 0 Å². The molecule has 0 saturated carbocycles. The number of ketones is 1. The van der Waals surface area contributed by atoms with E-state index in [0.717, 1.165) is 0 Å². The van der Waals surface area contributed by atoms with Gasteiger partial charge in [-0.15, -0.1) is 0 Å². The Morgan fingerprint density at radius 2 is 1.88 bits per heavy atom. The molecule has 11 heteroatoms. The van der Waals surface area contributed by atoms with Crippen molar-refractivity contribution in [2.75, 3.05) is 6.54 Å². The highest BCUT2D eigenvalue weighted by Gasteiger charge is 2.25. The monoisotopic (exact) mass is 485 g/mol. The number of halogens is 3. The number of aryl methyl sites for hydroxylation is 1. The Hall–Kier alpha value is -3.54. The average Bonchev–Trinajstić information content (AvgIpc) is 2.84. The zero-order valence-corrected chi connectivity index (χ0v) is 18.2. The minimum atomic E-state index is -2.50. The van der Waals surface area contributed by atoms with Crippen LogP contribution < -0.4 is 4.72 Å². The van der Waals surface area contributed by atoms with Gasteiger partial charge in [0.05, 0.1) is 28.5 Å². The van der Waals surface area contributed by atoms with Gasteiger partial charge in [-0.2, -0.15) is 0 Å². The molecule has 0 spiro atoms.